The third-order valence-electron chi connectivity index (χ3n) is 2.76. The maximum atomic E-state index is 11.9. The molecule has 0 radical (unpaired) electrons. The molecule has 6 heteroatoms. The molecule has 0 aliphatic carbocycles. The first kappa shape index (κ1) is 15.4. The zero-order valence-electron chi connectivity index (χ0n) is 10.8. The lowest BCUT2D eigenvalue weighted by atomic mass is 10.1. The predicted octanol–water partition coefficient (Wildman–Crippen LogP) is 3.04. The maximum Gasteiger partial charge on any atom is 0.269 e. The summed E-state index contributed by atoms with van der Waals surface area (Å²) in [6.45, 7) is 2.28. The Bertz CT molecular complexity index is 463. The molecular weight excluding hydrogens is 268 g/mol. The Balaban J connectivity index is 2.55. The number of nitrogens with one attached hydrogen (secondary N) is 1. The van der Waals surface area contributed by atoms with Crippen LogP contribution in [0.3, 0.4) is 0 Å². The summed E-state index contributed by atoms with van der Waals surface area (Å²) in [7, 11) is 0. The smallest absolute Gasteiger partial charge is 0.269 e. The lowest BCUT2D eigenvalue weighted by Gasteiger charge is -2.07. The number of nitrogens with zero attached hydrogens (tertiary/aromatic N) is 1. The average Bonchev–Trinajstić information content (AvgIpc) is 2.38. The van der Waals surface area contributed by atoms with Gasteiger partial charge in [-0.3, -0.25) is 14.9 Å². The van der Waals surface area contributed by atoms with Gasteiger partial charge in [-0.25, -0.2) is 0 Å². The van der Waals surface area contributed by atoms with Crippen molar-refractivity contribution in [2.24, 2.45) is 0 Å². The van der Waals surface area contributed by atoms with Gasteiger partial charge in [0, 0.05) is 30.1 Å². The zero-order chi connectivity index (χ0) is 14.3. The van der Waals surface area contributed by atoms with Crippen LogP contribution in [0.1, 0.15) is 35.2 Å². The highest BCUT2D eigenvalue weighted by Crippen LogP contribution is 2.17. The number of hydrogen-bond donors (Lipinski definition) is 1. The Morgan fingerprint density at radius 2 is 2.11 bits per heavy atom. The monoisotopic (exact) mass is 284 g/mol. The van der Waals surface area contributed by atoms with Crippen molar-refractivity contribution < 1.29 is 9.72 Å². The number of carbonyl (C=O) groups excluding carboxylic acids is 1. The van der Waals surface area contributed by atoms with Gasteiger partial charge in [0.15, 0.2) is 0 Å². The van der Waals surface area contributed by atoms with Crippen molar-refractivity contribution in [1.82, 2.24) is 5.32 Å². The van der Waals surface area contributed by atoms with E-state index in [0.717, 1.165) is 19.3 Å². The van der Waals surface area contributed by atoms with E-state index in [-0.39, 0.29) is 11.6 Å². The molecule has 0 aliphatic heterocycles. The van der Waals surface area contributed by atoms with Gasteiger partial charge < -0.3 is 5.32 Å². The normalized spacial score (nSPS) is 10.2. The number of nitro groups is 1. The van der Waals surface area contributed by atoms with Crippen molar-refractivity contribution in [3.63, 3.8) is 0 Å². The van der Waals surface area contributed by atoms with Crippen LogP contribution in [-0.4, -0.2) is 23.3 Å². The Morgan fingerprint density at radius 1 is 1.37 bits per heavy atom. The Kier molecular flexibility index (Phi) is 6.29. The minimum atomic E-state index is -0.471. The number of unbranched alkanes of at least 4 members (excludes halogenated alkanes) is 2. The van der Waals surface area contributed by atoms with Gasteiger partial charge in [0.2, 0.25) is 0 Å². The molecule has 1 aromatic rings. The van der Waals surface area contributed by atoms with Crippen LogP contribution < -0.4 is 5.32 Å². The van der Waals surface area contributed by atoms with E-state index in [1.165, 1.54) is 18.2 Å². The van der Waals surface area contributed by atoms with E-state index in [0.29, 0.717) is 23.6 Å². The average molecular weight is 285 g/mol. The van der Waals surface area contributed by atoms with Crippen molar-refractivity contribution in [3.05, 3.63) is 39.4 Å². The molecule has 1 aromatic carbocycles. The van der Waals surface area contributed by atoms with Crippen LogP contribution in [0, 0.1) is 17.0 Å². The van der Waals surface area contributed by atoms with Crippen LogP contribution in [0.5, 0.6) is 0 Å². The number of non-ortho nitro benzene ring substituents is 1. The molecule has 0 saturated heterocycles. The molecule has 0 aromatic heterocycles. The highest BCUT2D eigenvalue weighted by Gasteiger charge is 2.12. The van der Waals surface area contributed by atoms with Gasteiger partial charge in [-0.05, 0) is 31.4 Å². The standard InChI is InChI=1S/C13H17ClN2O3/c1-10-9-11(16(18)19)5-6-12(10)13(17)15-8-4-2-3-7-14/h5-6,9H,2-4,7-8H2,1H3,(H,15,17). The second-order valence-electron chi connectivity index (χ2n) is 4.26. The van der Waals surface area contributed by atoms with Crippen molar-refractivity contribution in [1.29, 1.82) is 0 Å². The van der Waals surface area contributed by atoms with E-state index in [4.69, 9.17) is 11.6 Å². The summed E-state index contributed by atoms with van der Waals surface area (Å²) in [6, 6.07) is 4.24. The number of hydrogen-bond acceptors (Lipinski definition) is 3. The van der Waals surface area contributed by atoms with Crippen LogP contribution in [0.2, 0.25) is 0 Å². The molecule has 0 saturated carbocycles. The highest BCUT2D eigenvalue weighted by molar-refractivity contribution is 6.17. The van der Waals surface area contributed by atoms with Crippen molar-refractivity contribution >= 4 is 23.2 Å². The fraction of sp³-hybridized carbons (Fsp3) is 0.462. The Morgan fingerprint density at radius 3 is 2.68 bits per heavy atom. The van der Waals surface area contributed by atoms with Crippen LogP contribution in [0.15, 0.2) is 18.2 Å². The third-order valence-corrected chi connectivity index (χ3v) is 3.03. The summed E-state index contributed by atoms with van der Waals surface area (Å²) >= 11 is 5.56. The van der Waals surface area contributed by atoms with Crippen LogP contribution >= 0.6 is 11.6 Å². The Labute approximate surface area is 117 Å². The number of benzene rings is 1. The molecule has 5 nitrogen and oxygen atoms in total. The molecule has 0 atom stereocenters. The molecule has 0 heterocycles. The quantitative estimate of drug-likeness (QED) is 0.362. The summed E-state index contributed by atoms with van der Waals surface area (Å²) in [5.74, 6) is 0.438. The van der Waals surface area contributed by atoms with Crippen molar-refractivity contribution in [2.75, 3.05) is 12.4 Å². The van der Waals surface area contributed by atoms with E-state index < -0.39 is 4.92 Å². The molecule has 0 bridgehead atoms. The number of rotatable bonds is 7. The second kappa shape index (κ2) is 7.74. The lowest BCUT2D eigenvalue weighted by Crippen LogP contribution is -2.25. The molecule has 104 valence electrons. The summed E-state index contributed by atoms with van der Waals surface area (Å²) in [6.07, 6.45) is 2.79. The van der Waals surface area contributed by atoms with E-state index in [2.05, 4.69) is 5.32 Å². The summed E-state index contributed by atoms with van der Waals surface area (Å²) in [5.41, 5.74) is 1.08. The van der Waals surface area contributed by atoms with Crippen molar-refractivity contribution in [3.8, 4) is 0 Å². The largest absolute Gasteiger partial charge is 0.352 e. The number of alkyl halides is 1. The van der Waals surface area contributed by atoms with Gasteiger partial charge in [0.25, 0.3) is 11.6 Å². The molecule has 0 spiro atoms. The second-order valence-corrected chi connectivity index (χ2v) is 4.64. The fourth-order valence-electron chi connectivity index (χ4n) is 1.71. The predicted molar refractivity (Wildman–Crippen MR) is 74.7 cm³/mol. The van der Waals surface area contributed by atoms with E-state index in [1.807, 2.05) is 0 Å². The van der Waals surface area contributed by atoms with Gasteiger partial charge in [-0.1, -0.05) is 6.42 Å². The SMILES string of the molecule is Cc1cc([N+](=O)[O-])ccc1C(=O)NCCCCCCl. The highest BCUT2D eigenvalue weighted by atomic mass is 35.5. The minimum Gasteiger partial charge on any atom is -0.352 e. The minimum absolute atomic E-state index is 0.00355. The van der Waals surface area contributed by atoms with Gasteiger partial charge in [0.05, 0.1) is 4.92 Å². The van der Waals surface area contributed by atoms with Crippen LogP contribution in [-0.2, 0) is 0 Å². The third kappa shape index (κ3) is 4.87. The maximum absolute atomic E-state index is 11.9. The molecule has 0 aliphatic rings. The number of carbonyl (C=O) groups is 1. The molecule has 0 fully saturated rings. The van der Waals surface area contributed by atoms with E-state index >= 15 is 0 Å². The number of nitro benzene ring substituents is 1. The number of aryl methyl sites for hydroxylation is 1. The molecule has 1 rings (SSSR count). The lowest BCUT2D eigenvalue weighted by molar-refractivity contribution is -0.384. The topological polar surface area (TPSA) is 72.2 Å². The first-order valence-corrected chi connectivity index (χ1v) is 6.69. The number of halogens is 1. The van der Waals surface area contributed by atoms with Crippen LogP contribution in [0.25, 0.3) is 0 Å². The molecule has 1 N–H and O–H groups in total. The molecule has 1 amide bonds. The van der Waals surface area contributed by atoms with Gasteiger partial charge >= 0.3 is 0 Å². The zero-order valence-corrected chi connectivity index (χ0v) is 11.6. The van der Waals surface area contributed by atoms with Crippen LogP contribution in [0.4, 0.5) is 5.69 Å². The van der Waals surface area contributed by atoms with E-state index in [9.17, 15) is 14.9 Å². The van der Waals surface area contributed by atoms with Crippen molar-refractivity contribution in [2.45, 2.75) is 26.2 Å². The van der Waals surface area contributed by atoms with Gasteiger partial charge in [-0.2, -0.15) is 0 Å². The molecule has 19 heavy (non-hydrogen) atoms. The first-order chi connectivity index (χ1) is 9.06. The fourth-order valence-corrected chi connectivity index (χ4v) is 1.90. The first-order valence-electron chi connectivity index (χ1n) is 6.15. The number of amides is 1. The summed E-state index contributed by atoms with van der Waals surface area (Å²) < 4.78 is 0. The molecule has 0 unspecified atom stereocenters. The Hall–Kier alpha value is -1.62. The summed E-state index contributed by atoms with van der Waals surface area (Å²) in [4.78, 5) is 22.0. The van der Waals surface area contributed by atoms with Gasteiger partial charge in [-0.15, -0.1) is 11.6 Å². The summed E-state index contributed by atoms with van der Waals surface area (Å²) in [5, 5.41) is 13.4. The van der Waals surface area contributed by atoms with Gasteiger partial charge in [0.1, 0.15) is 0 Å². The van der Waals surface area contributed by atoms with E-state index in [1.54, 1.807) is 6.92 Å². The molecular formula is C13H17ClN2O3.